The number of hydrogen-bond acceptors (Lipinski definition) is 3. The first-order valence-electron chi connectivity index (χ1n) is 8.23. The van der Waals surface area contributed by atoms with Gasteiger partial charge in [-0.05, 0) is 43.5 Å². The van der Waals surface area contributed by atoms with Gasteiger partial charge < -0.3 is 16.0 Å². The standard InChI is InChI=1S/C19H20FN3O2/c1-12-5-2-3-6-14(12)19(25)21-11-17(24)23-18-15(20)7-4-8-16(18)22-13-9-10-13/h2-8,13,22H,9-11H2,1H3,(H,21,25)(H,23,24). The molecule has 1 aliphatic rings. The molecule has 25 heavy (non-hydrogen) atoms. The number of halogens is 1. The van der Waals surface area contributed by atoms with Gasteiger partial charge in [-0.3, -0.25) is 9.59 Å². The van der Waals surface area contributed by atoms with Crippen molar-refractivity contribution in [1.29, 1.82) is 0 Å². The van der Waals surface area contributed by atoms with E-state index in [0.717, 1.165) is 18.4 Å². The summed E-state index contributed by atoms with van der Waals surface area (Å²) in [5.74, 6) is -1.33. The quantitative estimate of drug-likeness (QED) is 0.756. The fourth-order valence-corrected chi connectivity index (χ4v) is 2.49. The van der Waals surface area contributed by atoms with Crippen LogP contribution in [0.3, 0.4) is 0 Å². The van der Waals surface area contributed by atoms with Crippen molar-refractivity contribution in [3.05, 3.63) is 59.4 Å². The number of aryl methyl sites for hydroxylation is 1. The third kappa shape index (κ3) is 4.35. The van der Waals surface area contributed by atoms with E-state index >= 15 is 0 Å². The minimum atomic E-state index is -0.510. The maximum Gasteiger partial charge on any atom is 0.251 e. The van der Waals surface area contributed by atoms with Gasteiger partial charge in [-0.25, -0.2) is 4.39 Å². The van der Waals surface area contributed by atoms with Crippen LogP contribution in [0.25, 0.3) is 0 Å². The van der Waals surface area contributed by atoms with Crippen molar-refractivity contribution in [2.24, 2.45) is 0 Å². The smallest absolute Gasteiger partial charge is 0.251 e. The molecule has 1 fully saturated rings. The summed E-state index contributed by atoms with van der Waals surface area (Å²) in [7, 11) is 0. The lowest BCUT2D eigenvalue weighted by Crippen LogP contribution is -2.33. The zero-order valence-electron chi connectivity index (χ0n) is 13.9. The van der Waals surface area contributed by atoms with E-state index in [0.29, 0.717) is 17.3 Å². The highest BCUT2D eigenvalue weighted by Gasteiger charge is 2.23. The van der Waals surface area contributed by atoms with Gasteiger partial charge in [-0.2, -0.15) is 0 Å². The third-order valence-corrected chi connectivity index (χ3v) is 4.01. The Labute approximate surface area is 145 Å². The lowest BCUT2D eigenvalue weighted by Gasteiger charge is -2.14. The summed E-state index contributed by atoms with van der Waals surface area (Å²) in [6.45, 7) is 1.59. The molecule has 0 atom stereocenters. The minimum absolute atomic E-state index is 0.115. The summed E-state index contributed by atoms with van der Waals surface area (Å²) in [5.41, 5.74) is 2.01. The van der Waals surface area contributed by atoms with Crippen LogP contribution in [0.15, 0.2) is 42.5 Å². The van der Waals surface area contributed by atoms with Crippen molar-refractivity contribution in [3.8, 4) is 0 Å². The number of nitrogens with one attached hydrogen (secondary N) is 3. The molecule has 0 unspecified atom stereocenters. The molecule has 0 saturated heterocycles. The SMILES string of the molecule is Cc1ccccc1C(=O)NCC(=O)Nc1c(F)cccc1NC1CC1. The van der Waals surface area contributed by atoms with Crippen molar-refractivity contribution in [3.63, 3.8) is 0 Å². The molecule has 3 rings (SSSR count). The largest absolute Gasteiger partial charge is 0.381 e. The number of anilines is 2. The fraction of sp³-hybridized carbons (Fsp3) is 0.263. The van der Waals surface area contributed by atoms with Crippen LogP contribution >= 0.6 is 0 Å². The molecule has 0 aliphatic heterocycles. The molecule has 2 aromatic rings. The average Bonchev–Trinajstić information content (AvgIpc) is 3.40. The second-order valence-electron chi connectivity index (χ2n) is 6.13. The van der Waals surface area contributed by atoms with Crippen LogP contribution in [0.5, 0.6) is 0 Å². The molecule has 2 aromatic carbocycles. The van der Waals surface area contributed by atoms with Crippen LogP contribution in [0, 0.1) is 12.7 Å². The number of para-hydroxylation sites is 1. The van der Waals surface area contributed by atoms with E-state index in [2.05, 4.69) is 16.0 Å². The van der Waals surface area contributed by atoms with E-state index in [4.69, 9.17) is 0 Å². The predicted octanol–water partition coefficient (Wildman–Crippen LogP) is 3.08. The monoisotopic (exact) mass is 341 g/mol. The topological polar surface area (TPSA) is 70.2 Å². The van der Waals surface area contributed by atoms with E-state index in [1.165, 1.54) is 6.07 Å². The van der Waals surface area contributed by atoms with Crippen LogP contribution in [0.1, 0.15) is 28.8 Å². The lowest BCUT2D eigenvalue weighted by atomic mass is 10.1. The number of rotatable bonds is 6. The minimum Gasteiger partial charge on any atom is -0.381 e. The van der Waals surface area contributed by atoms with Gasteiger partial charge in [-0.1, -0.05) is 24.3 Å². The molecule has 0 heterocycles. The first-order valence-corrected chi connectivity index (χ1v) is 8.23. The van der Waals surface area contributed by atoms with Crippen LogP contribution in [0.4, 0.5) is 15.8 Å². The molecule has 1 aliphatic carbocycles. The first kappa shape index (κ1) is 17.0. The Hall–Kier alpha value is -2.89. The molecule has 0 aromatic heterocycles. The molecule has 1 saturated carbocycles. The van der Waals surface area contributed by atoms with E-state index in [1.807, 2.05) is 19.1 Å². The van der Waals surface area contributed by atoms with Crippen LogP contribution < -0.4 is 16.0 Å². The maximum atomic E-state index is 14.1. The fourth-order valence-electron chi connectivity index (χ4n) is 2.49. The second kappa shape index (κ2) is 7.34. The molecule has 130 valence electrons. The molecule has 0 spiro atoms. The Kier molecular flexibility index (Phi) is 4.97. The summed E-state index contributed by atoms with van der Waals surface area (Å²) < 4.78 is 14.1. The Balaban J connectivity index is 1.61. The molecule has 6 heteroatoms. The predicted molar refractivity (Wildman–Crippen MR) is 95.2 cm³/mol. The van der Waals surface area contributed by atoms with Crippen molar-refractivity contribution < 1.29 is 14.0 Å². The lowest BCUT2D eigenvalue weighted by molar-refractivity contribution is -0.115. The van der Waals surface area contributed by atoms with Gasteiger partial charge in [0.2, 0.25) is 5.91 Å². The Morgan fingerprint density at radius 3 is 2.60 bits per heavy atom. The highest BCUT2D eigenvalue weighted by Crippen LogP contribution is 2.31. The van der Waals surface area contributed by atoms with Gasteiger partial charge >= 0.3 is 0 Å². The van der Waals surface area contributed by atoms with Gasteiger partial charge in [-0.15, -0.1) is 0 Å². The Bertz CT molecular complexity index is 803. The second-order valence-corrected chi connectivity index (χ2v) is 6.13. The van der Waals surface area contributed by atoms with Gasteiger partial charge in [0.15, 0.2) is 0 Å². The van der Waals surface area contributed by atoms with Gasteiger partial charge in [0.05, 0.1) is 12.2 Å². The molecule has 5 nitrogen and oxygen atoms in total. The third-order valence-electron chi connectivity index (χ3n) is 4.01. The van der Waals surface area contributed by atoms with Crippen molar-refractivity contribution in [2.45, 2.75) is 25.8 Å². The molecular formula is C19H20FN3O2. The normalized spacial score (nSPS) is 13.2. The van der Waals surface area contributed by atoms with Crippen molar-refractivity contribution in [1.82, 2.24) is 5.32 Å². The van der Waals surface area contributed by atoms with E-state index in [-0.39, 0.29) is 18.1 Å². The van der Waals surface area contributed by atoms with Crippen molar-refractivity contribution >= 4 is 23.2 Å². The number of benzene rings is 2. The van der Waals surface area contributed by atoms with E-state index in [9.17, 15) is 14.0 Å². The molecule has 0 bridgehead atoms. The van der Waals surface area contributed by atoms with Crippen LogP contribution in [0.2, 0.25) is 0 Å². The van der Waals surface area contributed by atoms with Crippen molar-refractivity contribution in [2.75, 3.05) is 17.2 Å². The maximum absolute atomic E-state index is 14.1. The number of hydrogen-bond donors (Lipinski definition) is 3. The van der Waals surface area contributed by atoms with Gasteiger partial charge in [0, 0.05) is 11.6 Å². The summed E-state index contributed by atoms with van der Waals surface area (Å²) in [4.78, 5) is 24.3. The zero-order valence-corrected chi connectivity index (χ0v) is 13.9. The van der Waals surface area contributed by atoms with Gasteiger partial charge in [0.25, 0.3) is 5.91 Å². The highest BCUT2D eigenvalue weighted by atomic mass is 19.1. The zero-order chi connectivity index (χ0) is 17.8. The Morgan fingerprint density at radius 1 is 1.12 bits per heavy atom. The summed E-state index contributed by atoms with van der Waals surface area (Å²) in [5, 5.41) is 8.29. The molecule has 3 N–H and O–H groups in total. The number of carbonyl (C=O) groups excluding carboxylic acids is 2. The molecular weight excluding hydrogens is 321 g/mol. The first-order chi connectivity index (χ1) is 12.0. The average molecular weight is 341 g/mol. The summed E-state index contributed by atoms with van der Waals surface area (Å²) >= 11 is 0. The molecule has 2 amide bonds. The highest BCUT2D eigenvalue weighted by molar-refractivity contribution is 6.01. The van der Waals surface area contributed by atoms with Crippen LogP contribution in [-0.2, 0) is 4.79 Å². The van der Waals surface area contributed by atoms with E-state index in [1.54, 1.807) is 24.3 Å². The summed E-state index contributed by atoms with van der Waals surface area (Å²) in [6.07, 6.45) is 2.08. The number of carbonyl (C=O) groups is 2. The summed E-state index contributed by atoms with van der Waals surface area (Å²) in [6, 6.07) is 12.1. The Morgan fingerprint density at radius 2 is 1.88 bits per heavy atom. The molecule has 0 radical (unpaired) electrons. The van der Waals surface area contributed by atoms with Gasteiger partial charge in [0.1, 0.15) is 11.5 Å². The number of amides is 2. The van der Waals surface area contributed by atoms with E-state index < -0.39 is 11.7 Å². The van der Waals surface area contributed by atoms with Crippen LogP contribution in [-0.4, -0.2) is 24.4 Å².